The highest BCUT2D eigenvalue weighted by Gasteiger charge is 2.60. The molecule has 0 saturated carbocycles. The normalized spacial score (nSPS) is 22.3. The number of likely N-dealkylation sites (tertiary alicyclic amines) is 1. The maximum atomic E-state index is 14.1. The Kier molecular flexibility index (Phi) is 8.00. The van der Waals surface area contributed by atoms with Crippen LogP contribution >= 0.6 is 0 Å². The van der Waals surface area contributed by atoms with Gasteiger partial charge in [0.25, 0.3) is 12.5 Å². The summed E-state index contributed by atoms with van der Waals surface area (Å²) in [6.07, 6.45) is -6.21. The van der Waals surface area contributed by atoms with E-state index in [2.05, 4.69) is 15.5 Å². The summed E-state index contributed by atoms with van der Waals surface area (Å²) < 4.78 is 53.1. The number of carbonyl (C=O) groups is 4. The molecule has 3 N–H and O–H groups in total. The number of anilines is 1. The number of halogens is 4. The van der Waals surface area contributed by atoms with Crippen LogP contribution in [0.4, 0.5) is 23.2 Å². The van der Waals surface area contributed by atoms with Crippen LogP contribution in [0.1, 0.15) is 59.9 Å². The number of nitrogens with zero attached hydrogens (tertiary/aromatic N) is 2. The van der Waals surface area contributed by atoms with Crippen LogP contribution in [0.3, 0.4) is 0 Å². The number of amides is 4. The predicted octanol–water partition coefficient (Wildman–Crippen LogP) is 3.55. The third-order valence-electron chi connectivity index (χ3n) is 7.06. The van der Waals surface area contributed by atoms with Crippen molar-refractivity contribution < 1.29 is 36.7 Å². The summed E-state index contributed by atoms with van der Waals surface area (Å²) in [5, 5.41) is 6.94. The fraction of sp³-hybridized carbons (Fsp3) is 0.593. The molecule has 4 atom stereocenters. The molecule has 0 unspecified atom stereocenters. The minimum absolute atomic E-state index is 0.0417. The van der Waals surface area contributed by atoms with Crippen LogP contribution < -0.4 is 16.0 Å². The molecular formula is C27H34F4N5O4+. The van der Waals surface area contributed by atoms with Crippen LogP contribution in [0, 0.1) is 23.2 Å². The van der Waals surface area contributed by atoms with Crippen LogP contribution in [-0.2, 0) is 24.6 Å². The molecule has 40 heavy (non-hydrogen) atoms. The molecule has 0 aliphatic carbocycles. The minimum atomic E-state index is -5.22. The first kappa shape index (κ1) is 30.8. The van der Waals surface area contributed by atoms with Crippen molar-refractivity contribution in [1.29, 1.82) is 0 Å². The second-order valence-electron chi connectivity index (χ2n) is 12.6. The van der Waals surface area contributed by atoms with Crippen molar-refractivity contribution in [3.63, 3.8) is 0 Å². The van der Waals surface area contributed by atoms with Gasteiger partial charge in [-0.05, 0) is 41.0 Å². The van der Waals surface area contributed by atoms with Crippen LogP contribution in [0.5, 0.6) is 0 Å². The second kappa shape index (κ2) is 10.4. The molecule has 4 amide bonds. The van der Waals surface area contributed by atoms with Crippen LogP contribution in [0.2, 0.25) is 0 Å². The van der Waals surface area contributed by atoms with Crippen LogP contribution in [0.15, 0.2) is 18.2 Å². The highest BCUT2D eigenvalue weighted by molar-refractivity contribution is 6.07. The molecule has 0 bridgehead atoms. The Balaban J connectivity index is 1.95. The number of carbonyl (C=O) groups excluding carboxylic acids is 4. The molecule has 1 spiro atoms. The highest BCUT2D eigenvalue weighted by atomic mass is 19.4. The number of nitrogens with one attached hydrogen (secondary N) is 3. The van der Waals surface area contributed by atoms with Gasteiger partial charge in [0, 0.05) is 12.2 Å². The van der Waals surface area contributed by atoms with Gasteiger partial charge in [0.05, 0.1) is 6.42 Å². The largest absolute Gasteiger partial charge is 0.471 e. The molecule has 3 rings (SSSR count). The summed E-state index contributed by atoms with van der Waals surface area (Å²) in [7, 11) is 0. The van der Waals surface area contributed by atoms with E-state index in [-0.39, 0.29) is 19.4 Å². The molecule has 1 aromatic carbocycles. The van der Waals surface area contributed by atoms with Gasteiger partial charge in [-0.3, -0.25) is 24.1 Å². The molecule has 218 valence electrons. The Morgan fingerprint density at radius 3 is 2.30 bits per heavy atom. The van der Waals surface area contributed by atoms with Crippen molar-refractivity contribution in [2.24, 2.45) is 10.8 Å². The molecular weight excluding hydrogens is 534 g/mol. The quantitative estimate of drug-likeness (QED) is 0.472. The maximum absolute atomic E-state index is 14.1. The van der Waals surface area contributed by atoms with Crippen molar-refractivity contribution in [2.75, 3.05) is 11.9 Å². The predicted molar refractivity (Wildman–Crippen MR) is 139 cm³/mol. The van der Waals surface area contributed by atoms with Gasteiger partial charge in [0.1, 0.15) is 23.3 Å². The van der Waals surface area contributed by atoms with E-state index in [9.17, 15) is 36.7 Å². The molecule has 1 fully saturated rings. The number of fused-ring (bicyclic) bond motifs is 2. The van der Waals surface area contributed by atoms with Gasteiger partial charge in [-0.25, -0.2) is 4.39 Å². The first-order chi connectivity index (χ1) is 18.2. The van der Waals surface area contributed by atoms with E-state index in [4.69, 9.17) is 6.57 Å². The first-order valence-corrected chi connectivity index (χ1v) is 12.7. The third-order valence-corrected chi connectivity index (χ3v) is 7.06. The van der Waals surface area contributed by atoms with E-state index in [1.807, 2.05) is 0 Å². The van der Waals surface area contributed by atoms with Gasteiger partial charge in [0.2, 0.25) is 11.8 Å². The van der Waals surface area contributed by atoms with E-state index in [1.165, 1.54) is 43.9 Å². The van der Waals surface area contributed by atoms with E-state index in [0.717, 1.165) is 0 Å². The SMILES string of the molecule is C#[N+][C@@H]1C[C@@]2(CN1C(=O)[C@H](CC(C)(C)C)NC(=O)[C@@H](NC(=O)C(F)(F)F)C(C)(C)C)C(=O)Nc1ccc(F)cc12. The first-order valence-electron chi connectivity index (χ1n) is 12.7. The Labute approximate surface area is 229 Å². The summed E-state index contributed by atoms with van der Waals surface area (Å²) >= 11 is 0. The van der Waals surface area contributed by atoms with E-state index < -0.39 is 70.1 Å². The fourth-order valence-corrected chi connectivity index (χ4v) is 5.14. The number of hydrogen-bond acceptors (Lipinski definition) is 4. The standard InChI is InChI=1S/C27H33F4N5O4/c1-24(2,3)11-17(33-20(37)19(25(4,5)6)35-23(40)27(29,30)31)21(38)36-13-26(12-18(36)32-7)15-10-14(28)8-9-16(15)34-22(26)39/h7-10,17-19H,11-13H2,1-6H3,(H2-,33,34,35,37,39,40)/p+1/t17-,18-,19+,26-/m0/s1. The summed E-state index contributed by atoms with van der Waals surface area (Å²) in [6.45, 7) is 15.2. The van der Waals surface area contributed by atoms with Gasteiger partial charge in [0.15, 0.2) is 0 Å². The summed E-state index contributed by atoms with van der Waals surface area (Å²) in [5.41, 5.74) is -2.30. The van der Waals surface area contributed by atoms with E-state index >= 15 is 0 Å². The molecule has 0 radical (unpaired) electrons. The van der Waals surface area contributed by atoms with E-state index in [0.29, 0.717) is 11.3 Å². The minimum Gasteiger partial charge on any atom is -0.342 e. The fourth-order valence-electron chi connectivity index (χ4n) is 5.14. The van der Waals surface area contributed by atoms with Gasteiger partial charge < -0.3 is 16.0 Å². The lowest BCUT2D eigenvalue weighted by molar-refractivity contribution is -0.175. The summed E-state index contributed by atoms with van der Waals surface area (Å²) in [6, 6.07) is 0.920. The average molecular weight is 569 g/mol. The molecule has 2 aliphatic rings. The van der Waals surface area contributed by atoms with Gasteiger partial charge in [-0.1, -0.05) is 46.4 Å². The number of alkyl halides is 3. The third kappa shape index (κ3) is 6.21. The number of benzene rings is 1. The average Bonchev–Trinajstić information content (AvgIpc) is 3.32. The lowest BCUT2D eigenvalue weighted by atomic mass is 9.80. The summed E-state index contributed by atoms with van der Waals surface area (Å²) in [4.78, 5) is 57.0. The lowest BCUT2D eigenvalue weighted by Gasteiger charge is -2.34. The van der Waals surface area contributed by atoms with E-state index in [1.54, 1.807) is 26.1 Å². The van der Waals surface area contributed by atoms with Crippen LogP contribution in [0.25, 0.3) is 4.85 Å². The molecule has 2 aliphatic heterocycles. The van der Waals surface area contributed by atoms with Gasteiger partial charge >= 0.3 is 18.2 Å². The molecule has 13 heteroatoms. The zero-order chi connectivity index (χ0) is 30.4. The molecule has 0 aromatic heterocycles. The molecule has 2 heterocycles. The van der Waals surface area contributed by atoms with Crippen molar-refractivity contribution in [1.82, 2.24) is 15.5 Å². The number of rotatable bonds is 5. The van der Waals surface area contributed by atoms with Crippen molar-refractivity contribution in [3.05, 3.63) is 34.4 Å². The van der Waals surface area contributed by atoms with Crippen molar-refractivity contribution >= 4 is 29.3 Å². The highest BCUT2D eigenvalue weighted by Crippen LogP contribution is 2.47. The Morgan fingerprint density at radius 1 is 1.15 bits per heavy atom. The molecule has 9 nitrogen and oxygen atoms in total. The Bertz CT molecular complexity index is 1260. The van der Waals surface area contributed by atoms with Crippen molar-refractivity contribution in [2.45, 2.75) is 84.2 Å². The zero-order valence-electron chi connectivity index (χ0n) is 23.2. The smallest absolute Gasteiger partial charge is 0.342 e. The lowest BCUT2D eigenvalue weighted by Crippen LogP contribution is -2.60. The van der Waals surface area contributed by atoms with Crippen molar-refractivity contribution in [3.8, 4) is 6.57 Å². The molecule has 1 saturated heterocycles. The second-order valence-corrected chi connectivity index (χ2v) is 12.6. The number of hydrogen-bond donors (Lipinski definition) is 3. The monoisotopic (exact) mass is 568 g/mol. The summed E-state index contributed by atoms with van der Waals surface area (Å²) in [5.74, 6) is -4.99. The van der Waals surface area contributed by atoms with Gasteiger partial charge in [-0.15, -0.1) is 0 Å². The van der Waals surface area contributed by atoms with Gasteiger partial charge in [-0.2, -0.15) is 13.2 Å². The zero-order valence-corrected chi connectivity index (χ0v) is 23.2. The topological polar surface area (TPSA) is 112 Å². The van der Waals surface area contributed by atoms with Crippen LogP contribution in [-0.4, -0.2) is 59.5 Å². The molecule has 1 aromatic rings. The Morgan fingerprint density at radius 2 is 1.77 bits per heavy atom. The maximum Gasteiger partial charge on any atom is 0.471 e. The Hall–Kier alpha value is -3.69.